The van der Waals surface area contributed by atoms with Gasteiger partial charge < -0.3 is 20.3 Å². The number of ether oxygens (including phenoxy) is 1. The fraction of sp³-hybridized carbons (Fsp3) is 0.949. The minimum absolute atomic E-state index is 0.0151. The predicted molar refractivity (Wildman–Crippen MR) is 375 cm³/mol. The number of carbonyl (C=O) groups excluding carboxylic acids is 2. The van der Waals surface area contributed by atoms with E-state index in [0.717, 1.165) is 44.9 Å². The molecule has 0 fully saturated rings. The highest BCUT2D eigenvalue weighted by molar-refractivity contribution is 5.76. The van der Waals surface area contributed by atoms with Crippen LogP contribution in [0.5, 0.6) is 0 Å². The third-order valence-corrected chi connectivity index (χ3v) is 18.8. The summed E-state index contributed by atoms with van der Waals surface area (Å²) in [6.45, 7) is 4.99. The first kappa shape index (κ1) is 83.6. The Morgan fingerprint density at radius 2 is 0.553 bits per heavy atom. The summed E-state index contributed by atoms with van der Waals surface area (Å²) in [6, 6.07) is -0.537. The molecule has 0 aliphatic heterocycles. The van der Waals surface area contributed by atoms with Gasteiger partial charge in [0.2, 0.25) is 5.91 Å². The zero-order valence-electron chi connectivity index (χ0n) is 58.1. The molecule has 506 valence electrons. The largest absolute Gasteiger partial charge is 0.466 e. The first-order valence-electron chi connectivity index (χ1n) is 39.4. The first-order valence-corrected chi connectivity index (χ1v) is 39.4. The van der Waals surface area contributed by atoms with Gasteiger partial charge in [-0.05, 0) is 51.4 Å². The Bertz CT molecular complexity index is 1290. The highest BCUT2D eigenvalue weighted by Gasteiger charge is 2.20. The van der Waals surface area contributed by atoms with Crippen LogP contribution in [-0.2, 0) is 14.3 Å². The second kappa shape index (κ2) is 75.1. The average molecular weight is 1200 g/mol. The molecule has 0 spiro atoms. The van der Waals surface area contributed by atoms with E-state index in [-0.39, 0.29) is 18.5 Å². The number of rotatable bonds is 75. The van der Waals surface area contributed by atoms with Gasteiger partial charge in [0.1, 0.15) is 0 Å². The van der Waals surface area contributed by atoms with Crippen molar-refractivity contribution < 1.29 is 24.5 Å². The van der Waals surface area contributed by atoms with Crippen molar-refractivity contribution in [2.45, 2.75) is 469 Å². The predicted octanol–water partition coefficient (Wildman–Crippen LogP) is 25.9. The van der Waals surface area contributed by atoms with Gasteiger partial charge in [-0.3, -0.25) is 9.59 Å². The Morgan fingerprint density at radius 1 is 0.318 bits per heavy atom. The fourth-order valence-electron chi connectivity index (χ4n) is 12.8. The van der Waals surface area contributed by atoms with Crippen molar-refractivity contribution in [2.75, 3.05) is 13.2 Å². The molecular formula is C79H155NO5. The summed E-state index contributed by atoms with van der Waals surface area (Å²) in [7, 11) is 0. The van der Waals surface area contributed by atoms with Crippen molar-refractivity contribution in [3.8, 4) is 0 Å². The van der Waals surface area contributed by atoms with Crippen LogP contribution in [0.1, 0.15) is 457 Å². The molecule has 0 rings (SSSR count). The van der Waals surface area contributed by atoms with Crippen LogP contribution in [-0.4, -0.2) is 47.4 Å². The quantitative estimate of drug-likeness (QED) is 0.0320. The van der Waals surface area contributed by atoms with Gasteiger partial charge >= 0.3 is 5.97 Å². The lowest BCUT2D eigenvalue weighted by Crippen LogP contribution is -2.45. The Labute approximate surface area is 533 Å². The maximum absolute atomic E-state index is 12.6. The molecule has 0 saturated heterocycles. The van der Waals surface area contributed by atoms with Crippen molar-refractivity contribution >= 4 is 11.9 Å². The highest BCUT2D eigenvalue weighted by Crippen LogP contribution is 2.20. The lowest BCUT2D eigenvalue weighted by atomic mass is 10.0. The minimum atomic E-state index is -0.661. The zero-order chi connectivity index (χ0) is 61.3. The molecule has 2 atom stereocenters. The Morgan fingerprint density at radius 3 is 0.835 bits per heavy atom. The van der Waals surface area contributed by atoms with Gasteiger partial charge in [0, 0.05) is 12.8 Å². The van der Waals surface area contributed by atoms with Crippen molar-refractivity contribution in [1.82, 2.24) is 5.32 Å². The summed E-state index contributed by atoms with van der Waals surface area (Å²) < 4.78 is 5.49. The molecule has 2 unspecified atom stereocenters. The smallest absolute Gasteiger partial charge is 0.305 e. The number of nitrogens with one attached hydrogen (secondary N) is 1. The molecular weight excluding hydrogens is 1040 g/mol. The number of carbonyl (C=O) groups is 2. The van der Waals surface area contributed by atoms with Gasteiger partial charge in [-0.15, -0.1) is 0 Å². The van der Waals surface area contributed by atoms with Gasteiger partial charge in [0.15, 0.2) is 0 Å². The molecule has 0 heterocycles. The molecule has 0 aliphatic rings. The van der Waals surface area contributed by atoms with Gasteiger partial charge in [-0.25, -0.2) is 0 Å². The van der Waals surface area contributed by atoms with Crippen LogP contribution in [0.15, 0.2) is 12.2 Å². The molecule has 0 aliphatic carbocycles. The molecule has 0 aromatic rings. The zero-order valence-corrected chi connectivity index (χ0v) is 58.1. The monoisotopic (exact) mass is 1200 g/mol. The van der Waals surface area contributed by atoms with Crippen LogP contribution in [0.2, 0.25) is 0 Å². The number of allylic oxidation sites excluding steroid dienone is 2. The maximum Gasteiger partial charge on any atom is 0.305 e. The number of hydrogen-bond donors (Lipinski definition) is 3. The Hall–Kier alpha value is -1.40. The molecule has 1 amide bonds. The van der Waals surface area contributed by atoms with Gasteiger partial charge in [0.25, 0.3) is 0 Å². The van der Waals surface area contributed by atoms with Crippen molar-refractivity contribution in [2.24, 2.45) is 0 Å². The summed E-state index contributed by atoms with van der Waals surface area (Å²) in [5.41, 5.74) is 0. The second-order valence-electron chi connectivity index (χ2n) is 27.4. The third kappa shape index (κ3) is 71.6. The number of amides is 1. The highest BCUT2D eigenvalue weighted by atomic mass is 16.5. The van der Waals surface area contributed by atoms with E-state index in [9.17, 15) is 19.8 Å². The summed E-state index contributed by atoms with van der Waals surface area (Å²) in [6.07, 6.45) is 94.5. The Balaban J connectivity index is 3.30. The van der Waals surface area contributed by atoms with E-state index >= 15 is 0 Å². The number of esters is 1. The van der Waals surface area contributed by atoms with Crippen LogP contribution in [0.3, 0.4) is 0 Å². The molecule has 0 aromatic carbocycles. The summed E-state index contributed by atoms with van der Waals surface area (Å²) in [5, 5.41) is 23.4. The summed E-state index contributed by atoms with van der Waals surface area (Å²) in [5.74, 6) is -0.00936. The van der Waals surface area contributed by atoms with Gasteiger partial charge in [-0.2, -0.15) is 0 Å². The Kier molecular flexibility index (Phi) is 73.8. The normalized spacial score (nSPS) is 12.5. The molecule has 0 bridgehead atoms. The number of aliphatic hydroxyl groups is 2. The average Bonchev–Trinajstić information content (AvgIpc) is 3.51. The van der Waals surface area contributed by atoms with Crippen LogP contribution < -0.4 is 5.32 Å². The molecule has 0 radical (unpaired) electrons. The number of aliphatic hydroxyl groups excluding tert-OH is 2. The second-order valence-corrected chi connectivity index (χ2v) is 27.4. The summed E-state index contributed by atoms with van der Waals surface area (Å²) in [4.78, 5) is 24.6. The molecule has 85 heavy (non-hydrogen) atoms. The van der Waals surface area contributed by atoms with E-state index in [1.165, 1.54) is 379 Å². The minimum Gasteiger partial charge on any atom is -0.466 e. The van der Waals surface area contributed by atoms with Crippen LogP contribution in [0.4, 0.5) is 0 Å². The molecule has 6 heteroatoms. The van der Waals surface area contributed by atoms with E-state index in [0.29, 0.717) is 25.9 Å². The van der Waals surface area contributed by atoms with E-state index in [4.69, 9.17) is 4.74 Å². The van der Waals surface area contributed by atoms with E-state index in [1.807, 2.05) is 0 Å². The molecule has 6 nitrogen and oxygen atoms in total. The third-order valence-electron chi connectivity index (χ3n) is 18.8. The van der Waals surface area contributed by atoms with E-state index in [1.54, 1.807) is 0 Å². The topological polar surface area (TPSA) is 95.9 Å². The van der Waals surface area contributed by atoms with Crippen molar-refractivity contribution in [1.29, 1.82) is 0 Å². The van der Waals surface area contributed by atoms with Gasteiger partial charge in [0.05, 0.1) is 25.4 Å². The van der Waals surface area contributed by atoms with E-state index in [2.05, 4.69) is 31.3 Å². The van der Waals surface area contributed by atoms with E-state index < -0.39 is 12.1 Å². The first-order chi connectivity index (χ1) is 42.0. The van der Waals surface area contributed by atoms with Crippen LogP contribution in [0, 0.1) is 0 Å². The standard InChI is InChI=1S/C79H155NO5/c1-3-5-7-9-11-13-15-17-19-20-38-41-44-47-51-55-59-63-67-71-77(82)76(75-81)80-78(83)72-68-64-60-56-52-48-45-42-39-36-34-32-30-28-26-24-22-21-23-25-27-29-31-33-35-37-40-43-46-50-54-58-62-66-70-74-85-79(84)73-69-65-61-57-53-49-18-16-14-12-10-8-6-4-2/h16,18,76-77,81-82H,3-15,17,19-75H2,1-2H3,(H,80,83)/b18-16-. The number of unbranched alkanes of at least 4 members (excludes halogenated alkanes) is 62. The number of hydrogen-bond acceptors (Lipinski definition) is 5. The summed E-state index contributed by atoms with van der Waals surface area (Å²) >= 11 is 0. The maximum atomic E-state index is 12.6. The van der Waals surface area contributed by atoms with Crippen LogP contribution in [0.25, 0.3) is 0 Å². The SMILES string of the molecule is CCCCCCC/C=C\CCCCCCCC(=O)OCCCCCCCCCCCCCCCCCCCCCCCCCCCCCCCCCCCCCC(=O)NC(CO)C(O)CCCCCCCCCCCCCCCCCCCCC. The molecule has 0 aromatic heterocycles. The lowest BCUT2D eigenvalue weighted by molar-refractivity contribution is -0.143. The lowest BCUT2D eigenvalue weighted by Gasteiger charge is -2.22. The molecule has 0 saturated carbocycles. The fourth-order valence-corrected chi connectivity index (χ4v) is 12.8. The van der Waals surface area contributed by atoms with Gasteiger partial charge in [-0.1, -0.05) is 405 Å². The van der Waals surface area contributed by atoms with Crippen molar-refractivity contribution in [3.05, 3.63) is 12.2 Å². The van der Waals surface area contributed by atoms with Crippen LogP contribution >= 0.6 is 0 Å². The molecule has 3 N–H and O–H groups in total. The van der Waals surface area contributed by atoms with Crippen molar-refractivity contribution in [3.63, 3.8) is 0 Å².